The quantitative estimate of drug-likeness (QED) is 0.322. The topological polar surface area (TPSA) is 96.8 Å². The van der Waals surface area contributed by atoms with Crippen LogP contribution in [-0.4, -0.2) is 25.4 Å². The zero-order valence-corrected chi connectivity index (χ0v) is 18.6. The average molecular weight is 450 g/mol. The summed E-state index contributed by atoms with van der Waals surface area (Å²) in [5.74, 6) is 1.92. The first-order valence-electron chi connectivity index (χ1n) is 10.8. The van der Waals surface area contributed by atoms with Gasteiger partial charge in [-0.25, -0.2) is 15.0 Å². The van der Waals surface area contributed by atoms with Gasteiger partial charge in [-0.15, -0.1) is 0 Å². The third-order valence-corrected chi connectivity index (χ3v) is 5.36. The van der Waals surface area contributed by atoms with Crippen LogP contribution < -0.4 is 16.0 Å². The van der Waals surface area contributed by atoms with Gasteiger partial charge in [0.1, 0.15) is 23.8 Å². The molecule has 0 bridgehead atoms. The van der Waals surface area contributed by atoms with Crippen LogP contribution in [0.1, 0.15) is 5.56 Å². The molecule has 34 heavy (non-hydrogen) atoms. The van der Waals surface area contributed by atoms with Crippen LogP contribution in [0.4, 0.5) is 28.8 Å². The smallest absolute Gasteiger partial charge is 0.228 e. The number of hydrogen-bond donors (Lipinski definition) is 3. The SMILES string of the molecule is Cn1cc(CC(=O)Nc2ccc(Nc3cc(Nc4ccccn4)ncn3)cc2)c2ccccc21. The molecule has 3 N–H and O–H groups in total. The van der Waals surface area contributed by atoms with Crippen molar-refractivity contribution in [1.82, 2.24) is 19.5 Å². The van der Waals surface area contributed by atoms with Gasteiger partial charge in [0.2, 0.25) is 5.91 Å². The Labute approximate surface area is 196 Å². The summed E-state index contributed by atoms with van der Waals surface area (Å²) >= 11 is 0. The van der Waals surface area contributed by atoms with Crippen molar-refractivity contribution in [3.63, 3.8) is 0 Å². The van der Waals surface area contributed by atoms with E-state index in [1.54, 1.807) is 12.3 Å². The fourth-order valence-corrected chi connectivity index (χ4v) is 3.79. The van der Waals surface area contributed by atoms with E-state index in [1.807, 2.05) is 78.5 Å². The maximum Gasteiger partial charge on any atom is 0.228 e. The van der Waals surface area contributed by atoms with Crippen molar-refractivity contribution in [2.75, 3.05) is 16.0 Å². The molecule has 5 aromatic rings. The number of aromatic nitrogens is 4. The van der Waals surface area contributed by atoms with Gasteiger partial charge in [0.05, 0.1) is 6.42 Å². The van der Waals surface area contributed by atoms with Gasteiger partial charge in [-0.05, 0) is 48.0 Å². The Balaban J connectivity index is 1.21. The first-order chi connectivity index (χ1) is 16.6. The van der Waals surface area contributed by atoms with E-state index < -0.39 is 0 Å². The molecule has 8 heteroatoms. The number of rotatable bonds is 7. The van der Waals surface area contributed by atoms with Crippen molar-refractivity contribution in [2.45, 2.75) is 6.42 Å². The lowest BCUT2D eigenvalue weighted by molar-refractivity contribution is -0.115. The van der Waals surface area contributed by atoms with Crippen molar-refractivity contribution in [3.8, 4) is 0 Å². The molecule has 8 nitrogen and oxygen atoms in total. The van der Waals surface area contributed by atoms with E-state index in [0.717, 1.165) is 27.8 Å². The molecule has 0 spiro atoms. The van der Waals surface area contributed by atoms with Gasteiger partial charge in [-0.2, -0.15) is 0 Å². The number of nitrogens with one attached hydrogen (secondary N) is 3. The van der Waals surface area contributed by atoms with Crippen molar-refractivity contribution in [1.29, 1.82) is 0 Å². The van der Waals surface area contributed by atoms with Gasteiger partial charge in [0, 0.05) is 47.8 Å². The molecule has 3 aromatic heterocycles. The lowest BCUT2D eigenvalue weighted by atomic mass is 10.1. The van der Waals surface area contributed by atoms with Gasteiger partial charge >= 0.3 is 0 Å². The summed E-state index contributed by atoms with van der Waals surface area (Å²) in [5.41, 5.74) is 3.70. The predicted molar refractivity (Wildman–Crippen MR) is 135 cm³/mol. The summed E-state index contributed by atoms with van der Waals surface area (Å²) < 4.78 is 2.04. The van der Waals surface area contributed by atoms with Gasteiger partial charge in [-0.3, -0.25) is 4.79 Å². The zero-order valence-electron chi connectivity index (χ0n) is 18.6. The molecular formula is C26H23N7O. The summed E-state index contributed by atoms with van der Waals surface area (Å²) in [6, 6.07) is 23.0. The largest absolute Gasteiger partial charge is 0.350 e. The molecular weight excluding hydrogens is 426 g/mol. The number of aryl methyl sites for hydroxylation is 1. The molecule has 0 saturated heterocycles. The Morgan fingerprint density at radius 2 is 1.56 bits per heavy atom. The van der Waals surface area contributed by atoms with Crippen molar-refractivity contribution in [3.05, 3.63) is 97.1 Å². The van der Waals surface area contributed by atoms with E-state index in [4.69, 9.17) is 0 Å². The second-order valence-corrected chi connectivity index (χ2v) is 7.84. The first kappa shape index (κ1) is 21.1. The molecule has 5 rings (SSSR count). The Kier molecular flexibility index (Phi) is 5.85. The fraction of sp³-hybridized carbons (Fsp3) is 0.0769. The van der Waals surface area contributed by atoms with Crippen LogP contribution in [0, 0.1) is 0 Å². The molecule has 168 valence electrons. The van der Waals surface area contributed by atoms with Crippen molar-refractivity contribution < 1.29 is 4.79 Å². The van der Waals surface area contributed by atoms with E-state index in [9.17, 15) is 4.79 Å². The molecule has 1 amide bonds. The van der Waals surface area contributed by atoms with Crippen LogP contribution in [0.5, 0.6) is 0 Å². The van der Waals surface area contributed by atoms with Gasteiger partial charge in [0.15, 0.2) is 0 Å². The highest BCUT2D eigenvalue weighted by Gasteiger charge is 2.11. The van der Waals surface area contributed by atoms with Crippen LogP contribution >= 0.6 is 0 Å². The average Bonchev–Trinajstić information content (AvgIpc) is 3.16. The number of pyridine rings is 1. The fourth-order valence-electron chi connectivity index (χ4n) is 3.79. The van der Waals surface area contributed by atoms with Crippen molar-refractivity contribution >= 4 is 45.6 Å². The zero-order chi connectivity index (χ0) is 23.3. The van der Waals surface area contributed by atoms with E-state index >= 15 is 0 Å². The molecule has 0 aliphatic carbocycles. The summed E-state index contributed by atoms with van der Waals surface area (Å²) in [6.45, 7) is 0. The van der Waals surface area contributed by atoms with Crippen LogP contribution in [0.15, 0.2) is 91.5 Å². The number of carbonyl (C=O) groups is 1. The van der Waals surface area contributed by atoms with Crippen LogP contribution in [-0.2, 0) is 18.3 Å². The second-order valence-electron chi connectivity index (χ2n) is 7.84. The lowest BCUT2D eigenvalue weighted by Crippen LogP contribution is -2.14. The predicted octanol–water partition coefficient (Wildman–Crippen LogP) is 5.03. The Morgan fingerprint density at radius 3 is 2.35 bits per heavy atom. The number of benzene rings is 2. The Morgan fingerprint density at radius 1 is 0.824 bits per heavy atom. The number of carbonyl (C=O) groups excluding carboxylic acids is 1. The number of nitrogens with zero attached hydrogens (tertiary/aromatic N) is 4. The summed E-state index contributed by atoms with van der Waals surface area (Å²) in [4.78, 5) is 25.4. The Bertz CT molecular complexity index is 1430. The molecule has 3 heterocycles. The van der Waals surface area contributed by atoms with Crippen molar-refractivity contribution in [2.24, 2.45) is 7.05 Å². The second kappa shape index (κ2) is 9.41. The van der Waals surface area contributed by atoms with Gasteiger partial charge < -0.3 is 20.5 Å². The number of para-hydroxylation sites is 1. The highest BCUT2D eigenvalue weighted by molar-refractivity contribution is 5.96. The normalized spacial score (nSPS) is 10.7. The van der Waals surface area contributed by atoms with Gasteiger partial charge in [0.25, 0.3) is 0 Å². The van der Waals surface area contributed by atoms with Crippen LogP contribution in [0.2, 0.25) is 0 Å². The number of fused-ring (bicyclic) bond motifs is 1. The van der Waals surface area contributed by atoms with E-state index in [1.165, 1.54) is 6.33 Å². The molecule has 0 atom stereocenters. The third kappa shape index (κ3) is 4.86. The number of amides is 1. The summed E-state index contributed by atoms with van der Waals surface area (Å²) in [6.07, 6.45) is 5.52. The molecule has 0 fully saturated rings. The standard InChI is InChI=1S/C26H23N7O/c1-33-16-18(21-6-2-3-7-22(21)33)14-26(34)31-20-11-9-19(10-12-20)30-24-15-25(29-17-28-24)32-23-8-4-5-13-27-23/h2-13,15-17H,14H2,1H3,(H,31,34)(H2,27,28,29,30,32). The molecule has 0 unspecified atom stereocenters. The molecule has 2 aromatic carbocycles. The summed E-state index contributed by atoms with van der Waals surface area (Å²) in [5, 5.41) is 10.5. The summed E-state index contributed by atoms with van der Waals surface area (Å²) in [7, 11) is 1.99. The maximum absolute atomic E-state index is 12.6. The minimum atomic E-state index is -0.0573. The Hall–Kier alpha value is -4.72. The minimum Gasteiger partial charge on any atom is -0.350 e. The highest BCUT2D eigenvalue weighted by atomic mass is 16.1. The van der Waals surface area contributed by atoms with Crippen LogP contribution in [0.3, 0.4) is 0 Å². The number of hydrogen-bond acceptors (Lipinski definition) is 6. The number of anilines is 5. The first-order valence-corrected chi connectivity index (χ1v) is 10.8. The minimum absolute atomic E-state index is 0.0573. The highest BCUT2D eigenvalue weighted by Crippen LogP contribution is 2.22. The molecule has 0 saturated carbocycles. The molecule has 0 aliphatic heterocycles. The van der Waals surface area contributed by atoms with Crippen LogP contribution in [0.25, 0.3) is 10.9 Å². The molecule has 0 aliphatic rings. The molecule has 0 radical (unpaired) electrons. The van der Waals surface area contributed by atoms with E-state index in [0.29, 0.717) is 23.9 Å². The maximum atomic E-state index is 12.6. The third-order valence-electron chi connectivity index (χ3n) is 5.36. The van der Waals surface area contributed by atoms with Gasteiger partial charge in [-0.1, -0.05) is 24.3 Å². The lowest BCUT2D eigenvalue weighted by Gasteiger charge is -2.09. The van der Waals surface area contributed by atoms with E-state index in [-0.39, 0.29) is 5.91 Å². The monoisotopic (exact) mass is 449 g/mol. The van der Waals surface area contributed by atoms with E-state index in [2.05, 4.69) is 37.0 Å².